The van der Waals surface area contributed by atoms with Gasteiger partial charge in [0.2, 0.25) is 5.91 Å². The van der Waals surface area contributed by atoms with Gasteiger partial charge in [-0.25, -0.2) is 5.01 Å². The number of nitrogens with one attached hydrogen (secondary N) is 2. The number of ether oxygens (including phenoxy) is 1. The van der Waals surface area contributed by atoms with Crippen LogP contribution in [0.4, 0.5) is 11.4 Å². The topological polar surface area (TPSA) is 126 Å². The molecule has 0 bridgehead atoms. The van der Waals surface area contributed by atoms with Gasteiger partial charge in [0.25, 0.3) is 5.91 Å². The zero-order valence-corrected chi connectivity index (χ0v) is 13.4. The van der Waals surface area contributed by atoms with Crippen molar-refractivity contribution in [3.05, 3.63) is 42.5 Å². The number of carbonyl (C=O) groups excluding carboxylic acids is 2. The van der Waals surface area contributed by atoms with Gasteiger partial charge >= 0.3 is 0 Å². The minimum atomic E-state index is -0.548. The highest BCUT2D eigenvalue weighted by Crippen LogP contribution is 2.22. The maximum absolute atomic E-state index is 12.0. The van der Waals surface area contributed by atoms with E-state index < -0.39 is 5.91 Å². The molecule has 3 aromatic rings. The Bertz CT molecular complexity index is 906. The van der Waals surface area contributed by atoms with E-state index in [2.05, 4.69) is 20.8 Å². The largest absolute Gasteiger partial charge is 0.484 e. The van der Waals surface area contributed by atoms with E-state index in [9.17, 15) is 9.59 Å². The van der Waals surface area contributed by atoms with E-state index in [1.165, 1.54) is 11.9 Å². The van der Waals surface area contributed by atoms with E-state index in [-0.39, 0.29) is 12.5 Å². The van der Waals surface area contributed by atoms with Crippen LogP contribution in [0.1, 0.15) is 6.92 Å². The Hall–Kier alpha value is -3.62. The second kappa shape index (κ2) is 6.87. The highest BCUT2D eigenvalue weighted by atomic mass is 16.5. The summed E-state index contributed by atoms with van der Waals surface area (Å²) in [7, 11) is 0. The molecule has 0 aliphatic rings. The normalized spacial score (nSPS) is 10.4. The standard InChI is InChI=1S/C16H16N6O3/c1-10(23)22(12-4-7-14-15(8-12)19-21-18-14)20-11-2-5-13(6-3-11)25-9-16(17)24/h2-8,20H,9H2,1H3,(H2,17,24)(H,18,19,21). The summed E-state index contributed by atoms with van der Waals surface area (Å²) in [5.41, 5.74) is 10.7. The number of nitrogens with zero attached hydrogens (tertiary/aromatic N) is 3. The SMILES string of the molecule is CC(=O)N(Nc1ccc(OCC(N)=O)cc1)c1ccc2n[nH]nc2c1. The lowest BCUT2D eigenvalue weighted by molar-refractivity contribution is -0.120. The van der Waals surface area contributed by atoms with Crippen LogP contribution < -0.4 is 20.9 Å². The number of nitrogens with two attached hydrogens (primary N) is 1. The molecule has 9 nitrogen and oxygen atoms in total. The number of hydrogen-bond donors (Lipinski definition) is 3. The average molecular weight is 340 g/mol. The Morgan fingerprint density at radius 1 is 1.16 bits per heavy atom. The molecular formula is C16H16N6O3. The number of hydrazine groups is 1. The van der Waals surface area contributed by atoms with Gasteiger partial charge in [-0.2, -0.15) is 15.4 Å². The molecule has 1 heterocycles. The molecule has 2 aromatic carbocycles. The van der Waals surface area contributed by atoms with Crippen LogP contribution in [0.15, 0.2) is 42.5 Å². The van der Waals surface area contributed by atoms with Crippen LogP contribution >= 0.6 is 0 Å². The van der Waals surface area contributed by atoms with Crippen molar-refractivity contribution >= 4 is 34.2 Å². The van der Waals surface area contributed by atoms with Crippen LogP contribution in [0.5, 0.6) is 5.75 Å². The number of amides is 2. The third-order valence-electron chi connectivity index (χ3n) is 3.35. The van der Waals surface area contributed by atoms with E-state index in [0.29, 0.717) is 28.2 Å². The summed E-state index contributed by atoms with van der Waals surface area (Å²) in [6.45, 7) is 1.26. The van der Waals surface area contributed by atoms with Crippen LogP contribution in [0.25, 0.3) is 11.0 Å². The number of carbonyl (C=O) groups is 2. The van der Waals surface area contributed by atoms with Crippen LogP contribution in [0.3, 0.4) is 0 Å². The van der Waals surface area contributed by atoms with Crippen LogP contribution in [0, 0.1) is 0 Å². The Balaban J connectivity index is 1.77. The fraction of sp³-hybridized carbons (Fsp3) is 0.125. The number of primary amides is 1. The van der Waals surface area contributed by atoms with Gasteiger partial charge in [0.05, 0.1) is 11.4 Å². The van der Waals surface area contributed by atoms with Gasteiger partial charge in [0.15, 0.2) is 6.61 Å². The minimum Gasteiger partial charge on any atom is -0.484 e. The van der Waals surface area contributed by atoms with Crippen molar-refractivity contribution in [1.29, 1.82) is 0 Å². The number of fused-ring (bicyclic) bond motifs is 1. The number of rotatable bonds is 6. The summed E-state index contributed by atoms with van der Waals surface area (Å²) in [6.07, 6.45) is 0. The number of benzene rings is 2. The maximum Gasteiger partial charge on any atom is 0.255 e. The van der Waals surface area contributed by atoms with Crippen molar-refractivity contribution in [1.82, 2.24) is 15.4 Å². The molecule has 1 aromatic heterocycles. The van der Waals surface area contributed by atoms with Gasteiger partial charge in [-0.15, -0.1) is 0 Å². The molecule has 3 rings (SSSR count). The van der Waals surface area contributed by atoms with Gasteiger partial charge in [-0.05, 0) is 42.5 Å². The Morgan fingerprint density at radius 3 is 2.56 bits per heavy atom. The molecule has 128 valence electrons. The Morgan fingerprint density at radius 2 is 1.88 bits per heavy atom. The molecule has 9 heteroatoms. The first-order valence-corrected chi connectivity index (χ1v) is 7.42. The second-order valence-corrected chi connectivity index (χ2v) is 5.24. The van der Waals surface area contributed by atoms with Crippen molar-refractivity contribution < 1.29 is 14.3 Å². The monoisotopic (exact) mass is 340 g/mol. The molecule has 0 spiro atoms. The molecule has 0 radical (unpaired) electrons. The fourth-order valence-corrected chi connectivity index (χ4v) is 2.20. The van der Waals surface area contributed by atoms with Crippen molar-refractivity contribution in [2.24, 2.45) is 5.73 Å². The van der Waals surface area contributed by atoms with Gasteiger partial charge in [-0.3, -0.25) is 15.0 Å². The lowest BCUT2D eigenvalue weighted by atomic mass is 10.2. The lowest BCUT2D eigenvalue weighted by Crippen LogP contribution is -2.34. The highest BCUT2D eigenvalue weighted by Gasteiger charge is 2.13. The van der Waals surface area contributed by atoms with E-state index >= 15 is 0 Å². The quantitative estimate of drug-likeness (QED) is 0.579. The third-order valence-corrected chi connectivity index (χ3v) is 3.35. The minimum absolute atomic E-state index is 0.190. The first kappa shape index (κ1) is 16.2. The molecule has 25 heavy (non-hydrogen) atoms. The predicted molar refractivity (Wildman–Crippen MR) is 91.8 cm³/mol. The van der Waals surface area contributed by atoms with Crippen LogP contribution in [-0.2, 0) is 9.59 Å². The molecule has 2 amide bonds. The zero-order valence-electron chi connectivity index (χ0n) is 13.4. The second-order valence-electron chi connectivity index (χ2n) is 5.24. The third kappa shape index (κ3) is 3.83. The molecule has 0 atom stereocenters. The molecule has 4 N–H and O–H groups in total. The molecule has 0 fully saturated rings. The molecule has 0 saturated carbocycles. The number of aromatic nitrogens is 3. The van der Waals surface area contributed by atoms with E-state index in [0.717, 1.165) is 0 Å². The summed E-state index contributed by atoms with van der Waals surface area (Å²) >= 11 is 0. The molecular weight excluding hydrogens is 324 g/mol. The number of hydrogen-bond acceptors (Lipinski definition) is 6. The highest BCUT2D eigenvalue weighted by molar-refractivity contribution is 5.95. The Labute approximate surface area is 142 Å². The van der Waals surface area contributed by atoms with Crippen molar-refractivity contribution in [3.8, 4) is 5.75 Å². The first-order chi connectivity index (χ1) is 12.0. The van der Waals surface area contributed by atoms with Gasteiger partial charge < -0.3 is 10.5 Å². The number of H-pyrrole nitrogens is 1. The number of anilines is 2. The summed E-state index contributed by atoms with van der Waals surface area (Å²) in [6, 6.07) is 12.1. The van der Waals surface area contributed by atoms with E-state index in [1.807, 2.05) is 0 Å². The first-order valence-electron chi connectivity index (χ1n) is 7.42. The fourth-order valence-electron chi connectivity index (χ4n) is 2.20. The van der Waals surface area contributed by atoms with Gasteiger partial charge in [0, 0.05) is 6.92 Å². The summed E-state index contributed by atoms with van der Waals surface area (Å²) in [5.74, 6) is -0.243. The zero-order chi connectivity index (χ0) is 17.8. The number of aromatic amines is 1. The lowest BCUT2D eigenvalue weighted by Gasteiger charge is -2.23. The average Bonchev–Trinajstić information content (AvgIpc) is 3.06. The molecule has 0 aliphatic heterocycles. The van der Waals surface area contributed by atoms with E-state index in [4.69, 9.17) is 10.5 Å². The summed E-state index contributed by atoms with van der Waals surface area (Å²) in [5, 5.41) is 11.9. The summed E-state index contributed by atoms with van der Waals surface area (Å²) < 4.78 is 5.20. The predicted octanol–water partition coefficient (Wildman–Crippen LogP) is 1.20. The van der Waals surface area contributed by atoms with Crippen LogP contribution in [-0.4, -0.2) is 33.8 Å². The molecule has 0 saturated heterocycles. The van der Waals surface area contributed by atoms with Crippen molar-refractivity contribution in [2.75, 3.05) is 17.0 Å². The van der Waals surface area contributed by atoms with Crippen molar-refractivity contribution in [3.63, 3.8) is 0 Å². The van der Waals surface area contributed by atoms with E-state index in [1.54, 1.807) is 42.5 Å². The van der Waals surface area contributed by atoms with Gasteiger partial charge in [0.1, 0.15) is 16.8 Å². The smallest absolute Gasteiger partial charge is 0.255 e. The Kier molecular flexibility index (Phi) is 4.46. The maximum atomic E-state index is 12.0. The van der Waals surface area contributed by atoms with Gasteiger partial charge in [-0.1, -0.05) is 0 Å². The van der Waals surface area contributed by atoms with Crippen molar-refractivity contribution in [2.45, 2.75) is 6.92 Å². The molecule has 0 aliphatic carbocycles. The van der Waals surface area contributed by atoms with Crippen LogP contribution in [0.2, 0.25) is 0 Å². The molecule has 0 unspecified atom stereocenters. The summed E-state index contributed by atoms with van der Waals surface area (Å²) in [4.78, 5) is 22.7.